The molecule has 0 aliphatic carbocycles. The van der Waals surface area contributed by atoms with Crippen molar-refractivity contribution in [1.29, 1.82) is 0 Å². The average Bonchev–Trinajstić information content (AvgIpc) is 2.86. The van der Waals surface area contributed by atoms with Gasteiger partial charge in [0.25, 0.3) is 5.91 Å². The number of amides is 1. The minimum absolute atomic E-state index is 0.371. The number of hydrogen-bond acceptors (Lipinski definition) is 5. The third-order valence-electron chi connectivity index (χ3n) is 4.28. The Morgan fingerprint density at radius 2 is 1.86 bits per heavy atom. The minimum atomic E-state index is -1.15. The number of aliphatic hydroxyl groups is 1. The van der Waals surface area contributed by atoms with Gasteiger partial charge in [-0.25, -0.2) is 0 Å². The highest BCUT2D eigenvalue weighted by Gasteiger charge is 2.29. The van der Waals surface area contributed by atoms with Gasteiger partial charge in [0.1, 0.15) is 5.75 Å². The van der Waals surface area contributed by atoms with Crippen LogP contribution in [0.15, 0.2) is 24.3 Å². The monoisotopic (exact) mass is 307 g/mol. The van der Waals surface area contributed by atoms with E-state index in [2.05, 4.69) is 30.0 Å². The lowest BCUT2D eigenvalue weighted by Gasteiger charge is -2.18. The van der Waals surface area contributed by atoms with Crippen molar-refractivity contribution in [3.05, 3.63) is 29.8 Å². The Labute approximate surface area is 131 Å². The van der Waals surface area contributed by atoms with Gasteiger partial charge in [0, 0.05) is 18.6 Å². The molecule has 0 radical (unpaired) electrons. The summed E-state index contributed by atoms with van der Waals surface area (Å²) in [5, 5.41) is 12.9. The summed E-state index contributed by atoms with van der Waals surface area (Å²) in [7, 11) is 1.58. The lowest BCUT2D eigenvalue weighted by Crippen LogP contribution is -2.33. The quantitative estimate of drug-likeness (QED) is 0.623. The van der Waals surface area contributed by atoms with E-state index in [-0.39, 0.29) is 5.91 Å². The number of rotatable bonds is 6. The maximum atomic E-state index is 12.0. The smallest absolute Gasteiger partial charge is 0.253 e. The van der Waals surface area contributed by atoms with Gasteiger partial charge in [-0.05, 0) is 43.9 Å². The van der Waals surface area contributed by atoms with Crippen molar-refractivity contribution in [3.8, 4) is 5.75 Å². The fourth-order valence-corrected chi connectivity index (χ4v) is 2.81. The van der Waals surface area contributed by atoms with E-state index in [1.165, 1.54) is 0 Å². The lowest BCUT2D eigenvalue weighted by atomic mass is 9.93. The summed E-state index contributed by atoms with van der Waals surface area (Å²) in [6.45, 7) is 4.79. The van der Waals surface area contributed by atoms with Crippen LogP contribution < -0.4 is 20.9 Å². The van der Waals surface area contributed by atoms with E-state index < -0.39 is 6.10 Å². The molecule has 1 aliphatic rings. The summed E-state index contributed by atoms with van der Waals surface area (Å²) < 4.78 is 5.06. The molecular formula is C16H25N3O3. The molecule has 1 amide bonds. The number of hydrazine groups is 1. The molecule has 3 unspecified atom stereocenters. The summed E-state index contributed by atoms with van der Waals surface area (Å²) in [6.07, 6.45) is -0.288. The highest BCUT2D eigenvalue weighted by atomic mass is 16.5. The Morgan fingerprint density at radius 3 is 2.41 bits per heavy atom. The lowest BCUT2D eigenvalue weighted by molar-refractivity contribution is -0.129. The van der Waals surface area contributed by atoms with Crippen LogP contribution in [0.4, 0.5) is 0 Å². The van der Waals surface area contributed by atoms with E-state index >= 15 is 0 Å². The fraction of sp³-hybridized carbons (Fsp3) is 0.562. The molecule has 6 nitrogen and oxygen atoms in total. The van der Waals surface area contributed by atoms with Crippen molar-refractivity contribution in [2.75, 3.05) is 13.7 Å². The van der Waals surface area contributed by atoms with Gasteiger partial charge in [0.05, 0.1) is 7.11 Å². The van der Waals surface area contributed by atoms with Gasteiger partial charge in [0.2, 0.25) is 0 Å². The van der Waals surface area contributed by atoms with E-state index in [1.807, 2.05) is 0 Å². The van der Waals surface area contributed by atoms with E-state index in [4.69, 9.17) is 4.74 Å². The first kappa shape index (κ1) is 16.7. The molecule has 3 atom stereocenters. The number of nitrogens with one attached hydrogen (secondary N) is 3. The predicted molar refractivity (Wildman–Crippen MR) is 84.3 cm³/mol. The fourth-order valence-electron chi connectivity index (χ4n) is 2.81. The zero-order valence-electron chi connectivity index (χ0n) is 13.3. The topological polar surface area (TPSA) is 82.6 Å². The Hall–Kier alpha value is -1.63. The zero-order chi connectivity index (χ0) is 16.1. The molecule has 4 N–H and O–H groups in total. The van der Waals surface area contributed by atoms with Gasteiger partial charge < -0.3 is 15.2 Å². The molecule has 0 saturated carbocycles. The van der Waals surface area contributed by atoms with Crippen molar-refractivity contribution >= 4 is 5.91 Å². The second kappa shape index (κ2) is 7.58. The van der Waals surface area contributed by atoms with Crippen LogP contribution in [0.1, 0.15) is 31.9 Å². The van der Waals surface area contributed by atoms with Gasteiger partial charge in [0.15, 0.2) is 6.10 Å². The summed E-state index contributed by atoms with van der Waals surface area (Å²) in [5.41, 5.74) is 6.95. The van der Waals surface area contributed by atoms with Crippen LogP contribution in [0, 0.1) is 5.92 Å². The molecule has 1 aromatic carbocycles. The molecule has 1 aromatic rings. The summed E-state index contributed by atoms with van der Waals surface area (Å²) in [4.78, 5) is 12.0. The summed E-state index contributed by atoms with van der Waals surface area (Å²) >= 11 is 0. The first-order valence-electron chi connectivity index (χ1n) is 7.63. The van der Waals surface area contributed by atoms with Crippen molar-refractivity contribution in [3.63, 3.8) is 0 Å². The zero-order valence-corrected chi connectivity index (χ0v) is 13.3. The van der Waals surface area contributed by atoms with Crippen molar-refractivity contribution in [1.82, 2.24) is 16.2 Å². The number of carbonyl (C=O) groups excluding carboxylic acids is 1. The molecule has 2 rings (SSSR count). The number of hydrogen-bond donors (Lipinski definition) is 4. The molecule has 0 bridgehead atoms. The second-order valence-electron chi connectivity index (χ2n) is 5.79. The minimum Gasteiger partial charge on any atom is -0.497 e. The van der Waals surface area contributed by atoms with Crippen LogP contribution in [0.2, 0.25) is 0 Å². The first-order chi connectivity index (χ1) is 10.5. The Bertz CT molecular complexity index is 482. The normalized spacial score (nSPS) is 25.7. The highest BCUT2D eigenvalue weighted by molar-refractivity contribution is 5.81. The second-order valence-corrected chi connectivity index (χ2v) is 5.79. The molecule has 0 spiro atoms. The molecule has 122 valence electrons. The van der Waals surface area contributed by atoms with Crippen LogP contribution in [0.5, 0.6) is 5.75 Å². The SMILES string of the molecule is COc1ccc(C(O)C(=O)NCCC2C(C)NNC2C)cc1. The molecular weight excluding hydrogens is 282 g/mol. The standard InChI is InChI=1S/C16H25N3O3/c1-10-14(11(2)19-18-10)8-9-17-16(21)15(20)12-4-6-13(22-3)7-5-12/h4-7,10-11,14-15,18-20H,8-9H2,1-3H3,(H,17,21). The van der Waals surface area contributed by atoms with Gasteiger partial charge in [-0.15, -0.1) is 0 Å². The molecule has 1 heterocycles. The Morgan fingerprint density at radius 1 is 1.27 bits per heavy atom. The van der Waals surface area contributed by atoms with Crippen LogP contribution in [0.3, 0.4) is 0 Å². The van der Waals surface area contributed by atoms with Crippen molar-refractivity contribution < 1.29 is 14.6 Å². The van der Waals surface area contributed by atoms with Gasteiger partial charge in [-0.1, -0.05) is 12.1 Å². The number of carbonyl (C=O) groups is 1. The summed E-state index contributed by atoms with van der Waals surface area (Å²) in [6, 6.07) is 7.59. The third kappa shape index (κ3) is 3.97. The number of benzene rings is 1. The van der Waals surface area contributed by atoms with Crippen molar-refractivity contribution in [2.24, 2.45) is 5.92 Å². The molecule has 1 aliphatic heterocycles. The average molecular weight is 307 g/mol. The predicted octanol–water partition coefficient (Wildman–Crippen LogP) is 0.736. The van der Waals surface area contributed by atoms with E-state index in [0.717, 1.165) is 6.42 Å². The van der Waals surface area contributed by atoms with Gasteiger partial charge in [-0.3, -0.25) is 15.6 Å². The Kier molecular flexibility index (Phi) is 5.76. The maximum Gasteiger partial charge on any atom is 0.253 e. The maximum absolute atomic E-state index is 12.0. The van der Waals surface area contributed by atoms with Crippen LogP contribution in [-0.2, 0) is 4.79 Å². The first-order valence-corrected chi connectivity index (χ1v) is 7.63. The molecule has 22 heavy (non-hydrogen) atoms. The van der Waals surface area contributed by atoms with Gasteiger partial charge in [-0.2, -0.15) is 0 Å². The number of methoxy groups -OCH3 is 1. The number of aliphatic hydroxyl groups excluding tert-OH is 1. The summed E-state index contributed by atoms with van der Waals surface area (Å²) in [5.74, 6) is 0.781. The molecule has 1 saturated heterocycles. The van der Waals surface area contributed by atoms with E-state index in [0.29, 0.717) is 35.9 Å². The molecule has 0 aromatic heterocycles. The molecule has 6 heteroatoms. The van der Waals surface area contributed by atoms with Crippen molar-refractivity contribution in [2.45, 2.75) is 38.5 Å². The van der Waals surface area contributed by atoms with Crippen LogP contribution in [0.25, 0.3) is 0 Å². The Balaban J connectivity index is 1.81. The van der Waals surface area contributed by atoms with Crippen LogP contribution >= 0.6 is 0 Å². The van der Waals surface area contributed by atoms with Gasteiger partial charge >= 0.3 is 0 Å². The molecule has 1 fully saturated rings. The van der Waals surface area contributed by atoms with Crippen LogP contribution in [-0.4, -0.2) is 36.8 Å². The third-order valence-corrected chi connectivity index (χ3v) is 4.28. The van der Waals surface area contributed by atoms with E-state index in [9.17, 15) is 9.90 Å². The van der Waals surface area contributed by atoms with E-state index in [1.54, 1.807) is 31.4 Å². The highest BCUT2D eigenvalue weighted by Crippen LogP contribution is 2.19. The largest absolute Gasteiger partial charge is 0.497 e. The number of ether oxygens (including phenoxy) is 1.